The van der Waals surface area contributed by atoms with Crippen LogP contribution in [-0.4, -0.2) is 9.97 Å². The van der Waals surface area contributed by atoms with E-state index in [1.807, 2.05) is 0 Å². The van der Waals surface area contributed by atoms with Crippen molar-refractivity contribution in [3.8, 4) is 0 Å². The average molecular weight is 250 g/mol. The molecule has 0 saturated heterocycles. The number of hydrogen-bond acceptors (Lipinski definition) is 0. The van der Waals surface area contributed by atoms with Crippen molar-refractivity contribution in [1.29, 1.82) is 0 Å². The van der Waals surface area contributed by atoms with E-state index in [2.05, 4.69) is 46.7 Å². The van der Waals surface area contributed by atoms with Crippen molar-refractivity contribution in [2.45, 2.75) is 32.1 Å². The van der Waals surface area contributed by atoms with Crippen molar-refractivity contribution in [3.63, 3.8) is 0 Å². The topological polar surface area (TPSA) is 31.6 Å². The number of hydrogen-bond donors (Lipinski definition) is 2. The second-order valence-electron chi connectivity index (χ2n) is 5.48. The Kier molecular flexibility index (Phi) is 2.47. The molecule has 0 aliphatic heterocycles. The predicted molar refractivity (Wildman–Crippen MR) is 77.5 cm³/mol. The quantitative estimate of drug-likeness (QED) is 0.767. The molecule has 19 heavy (non-hydrogen) atoms. The molecule has 2 N–H and O–H groups in total. The molecular formula is C17H18N2. The third-order valence-corrected chi connectivity index (χ3v) is 4.35. The maximum Gasteiger partial charge on any atom is 0.0284 e. The molecule has 2 nitrogen and oxygen atoms in total. The summed E-state index contributed by atoms with van der Waals surface area (Å²) in [7, 11) is 0. The number of rotatable bonds is 2. The van der Waals surface area contributed by atoms with E-state index in [4.69, 9.17) is 0 Å². The van der Waals surface area contributed by atoms with Gasteiger partial charge in [-0.25, -0.2) is 0 Å². The van der Waals surface area contributed by atoms with Crippen LogP contribution in [0, 0.1) is 0 Å². The van der Waals surface area contributed by atoms with Crippen molar-refractivity contribution >= 4 is 0 Å². The lowest BCUT2D eigenvalue weighted by Crippen LogP contribution is -2.02. The van der Waals surface area contributed by atoms with Crippen LogP contribution < -0.4 is 0 Å². The van der Waals surface area contributed by atoms with Crippen LogP contribution in [-0.2, 0) is 32.1 Å². The first-order valence-electron chi connectivity index (χ1n) is 7.08. The SMILES string of the molecule is C1=CCc2c(c[nH]c2Cc2[nH]cc3c2CC=CC3)C1. The second-order valence-corrected chi connectivity index (χ2v) is 5.48. The molecular weight excluding hydrogens is 232 g/mol. The van der Waals surface area contributed by atoms with Gasteiger partial charge in [0.05, 0.1) is 0 Å². The van der Waals surface area contributed by atoms with E-state index >= 15 is 0 Å². The van der Waals surface area contributed by atoms with Crippen LogP contribution in [0.15, 0.2) is 36.7 Å². The summed E-state index contributed by atoms with van der Waals surface area (Å²) in [6.45, 7) is 0. The van der Waals surface area contributed by atoms with E-state index in [0.29, 0.717) is 0 Å². The third kappa shape index (κ3) is 1.79. The molecule has 0 bridgehead atoms. The minimum atomic E-state index is 1.01. The number of aromatic amines is 2. The molecule has 0 atom stereocenters. The molecule has 4 rings (SSSR count). The van der Waals surface area contributed by atoms with Gasteiger partial charge in [0, 0.05) is 30.2 Å². The Morgan fingerprint density at radius 3 is 1.68 bits per heavy atom. The van der Waals surface area contributed by atoms with Crippen LogP contribution in [0.3, 0.4) is 0 Å². The first-order valence-corrected chi connectivity index (χ1v) is 7.08. The van der Waals surface area contributed by atoms with Gasteiger partial charge < -0.3 is 9.97 Å². The monoisotopic (exact) mass is 250 g/mol. The lowest BCUT2D eigenvalue weighted by molar-refractivity contribution is 0.981. The zero-order valence-corrected chi connectivity index (χ0v) is 11.0. The Hall–Kier alpha value is -1.96. The number of nitrogens with one attached hydrogen (secondary N) is 2. The highest BCUT2D eigenvalue weighted by Gasteiger charge is 2.16. The molecule has 2 heteroatoms. The highest BCUT2D eigenvalue weighted by Crippen LogP contribution is 2.26. The van der Waals surface area contributed by atoms with E-state index in [1.165, 1.54) is 33.6 Å². The molecule has 0 unspecified atom stereocenters. The molecule has 0 amide bonds. The summed E-state index contributed by atoms with van der Waals surface area (Å²) < 4.78 is 0. The Labute approximate surface area is 113 Å². The summed E-state index contributed by atoms with van der Waals surface area (Å²) >= 11 is 0. The standard InChI is InChI=1S/C17H18N2/c1-3-7-14-12(5-1)10-18-16(14)9-17-15-8-4-2-6-13(15)11-19-17/h1-4,10-11,18-19H,5-9H2. The van der Waals surface area contributed by atoms with Crippen LogP contribution in [0.5, 0.6) is 0 Å². The van der Waals surface area contributed by atoms with E-state index < -0.39 is 0 Å². The maximum absolute atomic E-state index is 3.48. The smallest absolute Gasteiger partial charge is 0.0284 e. The van der Waals surface area contributed by atoms with Crippen LogP contribution in [0.4, 0.5) is 0 Å². The Morgan fingerprint density at radius 2 is 1.16 bits per heavy atom. The molecule has 96 valence electrons. The lowest BCUT2D eigenvalue weighted by atomic mass is 9.95. The largest absolute Gasteiger partial charge is 0.364 e. The summed E-state index contributed by atoms with van der Waals surface area (Å²) in [5.74, 6) is 0. The van der Waals surface area contributed by atoms with E-state index in [9.17, 15) is 0 Å². The van der Waals surface area contributed by atoms with Gasteiger partial charge in [0.15, 0.2) is 0 Å². The highest BCUT2D eigenvalue weighted by molar-refractivity contribution is 5.43. The highest BCUT2D eigenvalue weighted by atomic mass is 14.7. The first kappa shape index (κ1) is 10.9. The summed E-state index contributed by atoms with van der Waals surface area (Å²) in [6.07, 6.45) is 18.8. The Morgan fingerprint density at radius 1 is 0.684 bits per heavy atom. The molecule has 0 spiro atoms. The number of H-pyrrole nitrogens is 2. The molecule has 2 aromatic rings. The van der Waals surface area contributed by atoms with Crippen molar-refractivity contribution in [3.05, 3.63) is 70.3 Å². The number of allylic oxidation sites excluding steroid dienone is 4. The minimum absolute atomic E-state index is 1.01. The number of aromatic nitrogens is 2. The van der Waals surface area contributed by atoms with E-state index in [0.717, 1.165) is 32.1 Å². The van der Waals surface area contributed by atoms with Crippen LogP contribution in [0.2, 0.25) is 0 Å². The molecule has 2 heterocycles. The molecule has 0 aromatic carbocycles. The van der Waals surface area contributed by atoms with Gasteiger partial charge in [-0.3, -0.25) is 0 Å². The molecule has 2 aliphatic carbocycles. The molecule has 0 fully saturated rings. The fourth-order valence-corrected chi connectivity index (χ4v) is 3.27. The van der Waals surface area contributed by atoms with Gasteiger partial charge in [-0.05, 0) is 47.9 Å². The summed E-state index contributed by atoms with van der Waals surface area (Å²) in [5.41, 5.74) is 8.74. The fraction of sp³-hybridized carbons (Fsp3) is 0.294. The summed E-state index contributed by atoms with van der Waals surface area (Å²) in [6, 6.07) is 0. The van der Waals surface area contributed by atoms with Gasteiger partial charge in [-0.2, -0.15) is 0 Å². The van der Waals surface area contributed by atoms with Gasteiger partial charge in [0.25, 0.3) is 0 Å². The fourth-order valence-electron chi connectivity index (χ4n) is 3.27. The number of fused-ring (bicyclic) bond motifs is 2. The van der Waals surface area contributed by atoms with Gasteiger partial charge in [-0.1, -0.05) is 24.3 Å². The summed E-state index contributed by atoms with van der Waals surface area (Å²) in [5, 5.41) is 0. The van der Waals surface area contributed by atoms with Gasteiger partial charge >= 0.3 is 0 Å². The van der Waals surface area contributed by atoms with Crippen molar-refractivity contribution in [1.82, 2.24) is 9.97 Å². The first-order chi connectivity index (χ1) is 9.42. The molecule has 0 radical (unpaired) electrons. The van der Waals surface area contributed by atoms with Gasteiger partial charge in [0.2, 0.25) is 0 Å². The molecule has 2 aromatic heterocycles. The zero-order chi connectivity index (χ0) is 12.7. The Bertz CT molecular complexity index is 609. The molecule has 0 saturated carbocycles. The van der Waals surface area contributed by atoms with Crippen molar-refractivity contribution < 1.29 is 0 Å². The van der Waals surface area contributed by atoms with E-state index in [-0.39, 0.29) is 0 Å². The van der Waals surface area contributed by atoms with Gasteiger partial charge in [0.1, 0.15) is 0 Å². The normalized spacial score (nSPS) is 16.4. The second kappa shape index (κ2) is 4.30. The van der Waals surface area contributed by atoms with E-state index in [1.54, 1.807) is 0 Å². The minimum Gasteiger partial charge on any atom is -0.364 e. The van der Waals surface area contributed by atoms with Crippen LogP contribution in [0.1, 0.15) is 33.6 Å². The Balaban J connectivity index is 1.66. The summed E-state index contributed by atoms with van der Waals surface area (Å²) in [4.78, 5) is 6.97. The molecule has 2 aliphatic rings. The maximum atomic E-state index is 3.48. The van der Waals surface area contributed by atoms with Gasteiger partial charge in [-0.15, -0.1) is 0 Å². The zero-order valence-electron chi connectivity index (χ0n) is 11.0. The van der Waals surface area contributed by atoms with Crippen LogP contribution >= 0.6 is 0 Å². The van der Waals surface area contributed by atoms with Crippen molar-refractivity contribution in [2.75, 3.05) is 0 Å². The predicted octanol–water partition coefficient (Wildman–Crippen LogP) is 3.24. The van der Waals surface area contributed by atoms with Crippen molar-refractivity contribution in [2.24, 2.45) is 0 Å². The lowest BCUT2D eigenvalue weighted by Gasteiger charge is -2.10. The third-order valence-electron chi connectivity index (χ3n) is 4.35. The van der Waals surface area contributed by atoms with Crippen LogP contribution in [0.25, 0.3) is 0 Å². The average Bonchev–Trinajstić information content (AvgIpc) is 3.05.